The number of aliphatic carboxylic acids is 1. The van der Waals surface area contributed by atoms with Gasteiger partial charge in [0.05, 0.1) is 10.2 Å². The van der Waals surface area contributed by atoms with Gasteiger partial charge in [-0.3, -0.25) is 4.40 Å². The van der Waals surface area contributed by atoms with Gasteiger partial charge in [0.2, 0.25) is 4.96 Å². The molecule has 3 aromatic rings. The van der Waals surface area contributed by atoms with Crippen molar-refractivity contribution in [3.8, 4) is 0 Å². The number of fused-ring (bicyclic) bond motifs is 3. The lowest BCUT2D eigenvalue weighted by Gasteiger charge is -2.00. The highest BCUT2D eigenvalue weighted by Gasteiger charge is 2.11. The van der Waals surface area contributed by atoms with Gasteiger partial charge in [-0.15, -0.1) is 10.2 Å². The Labute approximate surface area is 110 Å². The first kappa shape index (κ1) is 11.5. The fourth-order valence-corrected chi connectivity index (χ4v) is 3.56. The van der Waals surface area contributed by atoms with Crippen molar-refractivity contribution in [3.05, 3.63) is 24.3 Å². The number of rotatable bonds is 4. The van der Waals surface area contributed by atoms with Crippen molar-refractivity contribution >= 4 is 44.2 Å². The lowest BCUT2D eigenvalue weighted by molar-refractivity contribution is -0.305. The fraction of sp³-hybridized carbons (Fsp3) is 0.182. The predicted molar refractivity (Wildman–Crippen MR) is 68.7 cm³/mol. The van der Waals surface area contributed by atoms with E-state index in [1.54, 1.807) is 11.3 Å². The average Bonchev–Trinajstić information content (AvgIpc) is 2.88. The van der Waals surface area contributed by atoms with Crippen molar-refractivity contribution in [2.75, 3.05) is 5.75 Å². The second-order valence-electron chi connectivity index (χ2n) is 3.64. The van der Waals surface area contributed by atoms with Crippen LogP contribution in [0.4, 0.5) is 0 Å². The molecule has 0 bridgehead atoms. The molecule has 0 saturated carbocycles. The van der Waals surface area contributed by atoms with Gasteiger partial charge < -0.3 is 9.90 Å². The predicted octanol–water partition coefficient (Wildman–Crippen LogP) is 1.18. The molecule has 0 aliphatic carbocycles. The van der Waals surface area contributed by atoms with Crippen molar-refractivity contribution in [1.29, 1.82) is 0 Å². The molecule has 0 atom stereocenters. The first-order valence-electron chi connectivity index (χ1n) is 5.31. The molecule has 3 rings (SSSR count). The van der Waals surface area contributed by atoms with Crippen LogP contribution in [0, 0.1) is 0 Å². The topological polar surface area (TPSA) is 70.3 Å². The standard InChI is InChI=1S/C11H9N3O2S2/c15-9(16)5-6-17-10-12-13-11-14(10)7-3-1-2-4-8(7)18-11/h1-4H,5-6H2,(H,15,16)/p-1. The normalized spacial score (nSPS) is 11.3. The Kier molecular flexibility index (Phi) is 2.92. The van der Waals surface area contributed by atoms with Gasteiger partial charge >= 0.3 is 0 Å². The third-order valence-corrected chi connectivity index (χ3v) is 4.39. The molecule has 2 heterocycles. The number of thioether (sulfide) groups is 1. The number of carbonyl (C=O) groups is 1. The van der Waals surface area contributed by atoms with E-state index in [9.17, 15) is 9.90 Å². The molecule has 18 heavy (non-hydrogen) atoms. The fourth-order valence-electron chi connectivity index (χ4n) is 1.67. The lowest BCUT2D eigenvalue weighted by Crippen LogP contribution is -2.22. The minimum absolute atomic E-state index is 0.0155. The number of thiazole rings is 1. The van der Waals surface area contributed by atoms with Crippen LogP contribution in [0.25, 0.3) is 15.2 Å². The summed E-state index contributed by atoms with van der Waals surface area (Å²) in [4.78, 5) is 11.2. The Balaban J connectivity index is 1.99. The Morgan fingerprint density at radius 1 is 1.39 bits per heavy atom. The van der Waals surface area contributed by atoms with Gasteiger partial charge in [0.25, 0.3) is 0 Å². The Hall–Kier alpha value is -1.60. The van der Waals surface area contributed by atoms with Crippen molar-refractivity contribution in [3.63, 3.8) is 0 Å². The monoisotopic (exact) mass is 278 g/mol. The molecule has 0 unspecified atom stereocenters. The van der Waals surface area contributed by atoms with Crippen LogP contribution >= 0.6 is 23.1 Å². The third-order valence-electron chi connectivity index (χ3n) is 2.45. The smallest absolute Gasteiger partial charge is 0.217 e. The van der Waals surface area contributed by atoms with Crippen LogP contribution in [0.2, 0.25) is 0 Å². The first-order chi connectivity index (χ1) is 8.75. The molecule has 0 radical (unpaired) electrons. The number of para-hydroxylation sites is 1. The number of carboxylic acids is 1. The second-order valence-corrected chi connectivity index (χ2v) is 5.71. The zero-order chi connectivity index (χ0) is 12.5. The maximum atomic E-state index is 10.4. The summed E-state index contributed by atoms with van der Waals surface area (Å²) in [5.74, 6) is -0.605. The molecule has 0 aliphatic heterocycles. The molecule has 2 aromatic heterocycles. The van der Waals surface area contributed by atoms with Gasteiger partial charge in [-0.25, -0.2) is 0 Å². The number of carbonyl (C=O) groups excluding carboxylic acids is 1. The largest absolute Gasteiger partial charge is 0.550 e. The van der Waals surface area contributed by atoms with Crippen molar-refractivity contribution in [2.24, 2.45) is 0 Å². The van der Waals surface area contributed by atoms with Gasteiger partial charge in [-0.1, -0.05) is 35.2 Å². The van der Waals surface area contributed by atoms with Crippen LogP contribution in [-0.4, -0.2) is 26.3 Å². The lowest BCUT2D eigenvalue weighted by atomic mass is 10.3. The molecule has 0 spiro atoms. The maximum absolute atomic E-state index is 10.4. The first-order valence-corrected chi connectivity index (χ1v) is 7.11. The van der Waals surface area contributed by atoms with Gasteiger partial charge in [-0.05, 0) is 18.6 Å². The van der Waals surface area contributed by atoms with Crippen molar-refractivity contribution in [2.45, 2.75) is 11.6 Å². The number of hydrogen-bond acceptors (Lipinski definition) is 6. The summed E-state index contributed by atoms with van der Waals surface area (Å²) in [5, 5.41) is 19.3. The van der Waals surface area contributed by atoms with Crippen LogP contribution < -0.4 is 5.11 Å². The molecule has 5 nitrogen and oxygen atoms in total. The highest BCUT2D eigenvalue weighted by molar-refractivity contribution is 7.99. The van der Waals surface area contributed by atoms with Crippen LogP contribution in [0.3, 0.4) is 0 Å². The zero-order valence-corrected chi connectivity index (χ0v) is 10.8. The maximum Gasteiger partial charge on any atom is 0.217 e. The molecule has 7 heteroatoms. The third kappa shape index (κ3) is 1.95. The van der Waals surface area contributed by atoms with E-state index in [2.05, 4.69) is 10.2 Å². The number of hydrogen-bond donors (Lipinski definition) is 0. The van der Waals surface area contributed by atoms with E-state index in [4.69, 9.17) is 0 Å². The highest BCUT2D eigenvalue weighted by Crippen LogP contribution is 2.29. The second kappa shape index (κ2) is 4.58. The van der Waals surface area contributed by atoms with E-state index in [1.165, 1.54) is 11.8 Å². The molecule has 0 aliphatic rings. The van der Waals surface area contributed by atoms with Crippen LogP contribution in [0.1, 0.15) is 6.42 Å². The molecule has 92 valence electrons. The average molecular weight is 278 g/mol. The van der Waals surface area contributed by atoms with Crippen LogP contribution in [0.15, 0.2) is 29.4 Å². The summed E-state index contributed by atoms with van der Waals surface area (Å²) in [6, 6.07) is 7.98. The van der Waals surface area contributed by atoms with Crippen LogP contribution in [-0.2, 0) is 4.79 Å². The van der Waals surface area contributed by atoms with Crippen LogP contribution in [0.5, 0.6) is 0 Å². The molecule has 1 aromatic carbocycles. The molecule has 0 amide bonds. The summed E-state index contributed by atoms with van der Waals surface area (Å²) in [6.07, 6.45) is 0.0155. The SMILES string of the molecule is O=C([O-])CCSc1nnc2sc3ccccc3n12. The number of aromatic nitrogens is 3. The van der Waals surface area contributed by atoms with Gasteiger partial charge in [0.1, 0.15) is 0 Å². The number of nitrogens with zero attached hydrogens (tertiary/aromatic N) is 3. The van der Waals surface area contributed by atoms with E-state index in [1.807, 2.05) is 28.7 Å². The minimum atomic E-state index is -1.04. The van der Waals surface area contributed by atoms with E-state index in [-0.39, 0.29) is 6.42 Å². The summed E-state index contributed by atoms with van der Waals surface area (Å²) >= 11 is 2.95. The van der Waals surface area contributed by atoms with E-state index in [0.717, 1.165) is 20.3 Å². The summed E-state index contributed by atoms with van der Waals surface area (Å²) in [5.41, 5.74) is 1.05. The quantitative estimate of drug-likeness (QED) is 0.670. The molecule has 0 N–H and O–H groups in total. The summed E-state index contributed by atoms with van der Waals surface area (Å²) < 4.78 is 3.10. The van der Waals surface area contributed by atoms with Crippen molar-refractivity contribution < 1.29 is 9.90 Å². The Morgan fingerprint density at radius 3 is 3.06 bits per heavy atom. The van der Waals surface area contributed by atoms with E-state index in [0.29, 0.717) is 5.75 Å². The summed E-state index contributed by atoms with van der Waals surface area (Å²) in [7, 11) is 0. The molecule has 0 fully saturated rings. The molecule has 0 saturated heterocycles. The van der Waals surface area contributed by atoms with Gasteiger partial charge in [0.15, 0.2) is 5.16 Å². The van der Waals surface area contributed by atoms with E-state index >= 15 is 0 Å². The number of benzene rings is 1. The minimum Gasteiger partial charge on any atom is -0.550 e. The molecular formula is C11H8N3O2S2-. The summed E-state index contributed by atoms with van der Waals surface area (Å²) in [6.45, 7) is 0. The van der Waals surface area contributed by atoms with Gasteiger partial charge in [0, 0.05) is 11.7 Å². The zero-order valence-electron chi connectivity index (χ0n) is 9.20. The van der Waals surface area contributed by atoms with E-state index < -0.39 is 5.97 Å². The molecular weight excluding hydrogens is 270 g/mol. The highest BCUT2D eigenvalue weighted by atomic mass is 32.2. The Bertz CT molecular complexity index is 719. The van der Waals surface area contributed by atoms with Crippen molar-refractivity contribution in [1.82, 2.24) is 14.6 Å². The number of carboxylic acid groups (broad SMARTS) is 1. The van der Waals surface area contributed by atoms with Gasteiger partial charge in [-0.2, -0.15) is 0 Å². The Morgan fingerprint density at radius 2 is 2.22 bits per heavy atom.